The van der Waals surface area contributed by atoms with Crippen LogP contribution in [0.25, 0.3) is 11.1 Å². The summed E-state index contributed by atoms with van der Waals surface area (Å²) in [5.74, 6) is 0.308. The second-order valence-electron chi connectivity index (χ2n) is 8.48. The molecule has 2 aliphatic rings. The lowest BCUT2D eigenvalue weighted by Crippen LogP contribution is -2.56. The van der Waals surface area contributed by atoms with E-state index in [0.717, 1.165) is 29.9 Å². The van der Waals surface area contributed by atoms with Crippen LogP contribution in [0.5, 0.6) is 0 Å². The van der Waals surface area contributed by atoms with Crippen molar-refractivity contribution in [3.8, 4) is 11.1 Å². The molecule has 4 rings (SSSR count). The Kier molecular flexibility index (Phi) is 7.19. The van der Waals surface area contributed by atoms with Gasteiger partial charge in [0.15, 0.2) is 0 Å². The number of aromatic nitrogens is 2. The topological polar surface area (TPSA) is 62.6 Å². The van der Waals surface area contributed by atoms with Crippen LogP contribution in [0.3, 0.4) is 0 Å². The molecule has 1 amide bonds. The molecule has 0 radical (unpaired) electrons. The molecule has 3 heterocycles. The molecule has 8 heteroatoms. The monoisotopic (exact) mass is 429 g/mol. The maximum atomic E-state index is 14.3. The number of aryl methyl sites for hydroxylation is 1. The Morgan fingerprint density at radius 1 is 1.19 bits per heavy atom. The molecular weight excluding hydrogens is 397 g/mol. The highest BCUT2D eigenvalue weighted by atomic mass is 19.1. The van der Waals surface area contributed by atoms with Crippen LogP contribution >= 0.6 is 0 Å². The van der Waals surface area contributed by atoms with E-state index in [1.165, 1.54) is 0 Å². The van der Waals surface area contributed by atoms with Crippen LogP contribution in [0.1, 0.15) is 12.8 Å². The number of rotatable bonds is 9. The first-order valence-corrected chi connectivity index (χ1v) is 11.1. The lowest BCUT2D eigenvalue weighted by molar-refractivity contribution is -0.145. The first-order chi connectivity index (χ1) is 15.1. The fourth-order valence-electron chi connectivity index (χ4n) is 4.14. The number of ether oxygens (including phenoxy) is 1. The number of nitrogens with zero attached hydrogens (tertiary/aromatic N) is 4. The molecule has 2 aromatic rings. The molecule has 1 aromatic carbocycles. The number of halogens is 1. The minimum atomic E-state index is -0.837. The number of amides is 1. The molecule has 31 heavy (non-hydrogen) atoms. The molecule has 0 saturated carbocycles. The van der Waals surface area contributed by atoms with Crippen LogP contribution in [0.15, 0.2) is 36.7 Å². The highest BCUT2D eigenvalue weighted by Gasteiger charge is 2.35. The van der Waals surface area contributed by atoms with E-state index < -0.39 is 6.17 Å². The van der Waals surface area contributed by atoms with Gasteiger partial charge in [0, 0.05) is 63.8 Å². The van der Waals surface area contributed by atoms with Gasteiger partial charge in [-0.3, -0.25) is 9.48 Å². The van der Waals surface area contributed by atoms with Crippen molar-refractivity contribution in [2.24, 2.45) is 13.0 Å². The summed E-state index contributed by atoms with van der Waals surface area (Å²) >= 11 is 0. The van der Waals surface area contributed by atoms with E-state index in [1.807, 2.05) is 48.6 Å². The van der Waals surface area contributed by atoms with Crippen molar-refractivity contribution in [3.05, 3.63) is 36.7 Å². The van der Waals surface area contributed by atoms with Crippen molar-refractivity contribution in [1.29, 1.82) is 0 Å². The number of carbonyl (C=O) groups excluding carboxylic acids is 1. The van der Waals surface area contributed by atoms with Gasteiger partial charge in [0.1, 0.15) is 6.17 Å². The molecule has 2 fully saturated rings. The summed E-state index contributed by atoms with van der Waals surface area (Å²) in [7, 11) is 1.90. The number of morpholine rings is 1. The molecule has 1 N–H and O–H groups in total. The summed E-state index contributed by atoms with van der Waals surface area (Å²) in [6.07, 6.45) is 3.98. The molecule has 0 bridgehead atoms. The molecule has 1 aromatic heterocycles. The quantitative estimate of drug-likeness (QED) is 0.663. The number of anilines is 1. The zero-order chi connectivity index (χ0) is 21.6. The van der Waals surface area contributed by atoms with E-state index in [0.29, 0.717) is 52.2 Å². The number of hydrogen-bond acceptors (Lipinski definition) is 5. The number of carbonyl (C=O) groups is 1. The molecule has 2 saturated heterocycles. The minimum absolute atomic E-state index is 0.0764. The highest BCUT2D eigenvalue weighted by Crippen LogP contribution is 2.22. The molecular formula is C23H32FN5O2. The molecule has 0 spiro atoms. The smallest absolute Gasteiger partial charge is 0.228 e. The summed E-state index contributed by atoms with van der Waals surface area (Å²) in [5.41, 5.74) is 3.19. The SMILES string of the molecule is Cn1cc(-c2ccc(NCCC(F)CCN3CC(C(=O)N4CCOCC4)C3)cc2)cn1. The van der Waals surface area contributed by atoms with Crippen LogP contribution in [0, 0.1) is 5.92 Å². The van der Waals surface area contributed by atoms with Crippen LogP contribution in [0.2, 0.25) is 0 Å². The molecule has 1 atom stereocenters. The summed E-state index contributed by atoms with van der Waals surface area (Å²) in [6, 6.07) is 8.12. The highest BCUT2D eigenvalue weighted by molar-refractivity contribution is 5.80. The van der Waals surface area contributed by atoms with Crippen LogP contribution in [-0.4, -0.2) is 84.1 Å². The van der Waals surface area contributed by atoms with Gasteiger partial charge in [0.05, 0.1) is 25.3 Å². The molecule has 168 valence electrons. The second kappa shape index (κ2) is 10.2. The van der Waals surface area contributed by atoms with Crippen LogP contribution in [-0.2, 0) is 16.6 Å². The third-order valence-corrected chi connectivity index (χ3v) is 6.10. The van der Waals surface area contributed by atoms with Crippen molar-refractivity contribution in [2.45, 2.75) is 19.0 Å². The summed E-state index contributed by atoms with van der Waals surface area (Å²) in [4.78, 5) is 16.5. The molecule has 1 unspecified atom stereocenters. The van der Waals surface area contributed by atoms with Gasteiger partial charge in [-0.1, -0.05) is 12.1 Å². The Labute approximate surface area is 183 Å². The first kappa shape index (κ1) is 21.8. The van der Waals surface area contributed by atoms with E-state index >= 15 is 0 Å². The fourth-order valence-corrected chi connectivity index (χ4v) is 4.14. The van der Waals surface area contributed by atoms with Gasteiger partial charge < -0.3 is 19.9 Å². The van der Waals surface area contributed by atoms with Crippen LogP contribution in [0.4, 0.5) is 10.1 Å². The zero-order valence-electron chi connectivity index (χ0n) is 18.2. The lowest BCUT2D eigenvalue weighted by Gasteiger charge is -2.41. The maximum Gasteiger partial charge on any atom is 0.228 e. The predicted molar refractivity (Wildman–Crippen MR) is 119 cm³/mol. The van der Waals surface area contributed by atoms with Gasteiger partial charge in [-0.2, -0.15) is 5.10 Å². The number of hydrogen-bond donors (Lipinski definition) is 1. The standard InChI is InChI=1S/C23H32FN5O2/c1-27-15-19(14-26-27)18-2-4-22(5-3-18)25-8-6-21(24)7-9-28-16-20(17-28)23(30)29-10-12-31-13-11-29/h2-5,14-15,20-21,25H,6-13,16-17H2,1H3. The summed E-state index contributed by atoms with van der Waals surface area (Å²) in [6.45, 7) is 5.49. The third kappa shape index (κ3) is 5.83. The Balaban J connectivity index is 1.09. The van der Waals surface area contributed by atoms with E-state index in [4.69, 9.17) is 4.74 Å². The van der Waals surface area contributed by atoms with Crippen molar-refractivity contribution < 1.29 is 13.9 Å². The Morgan fingerprint density at radius 3 is 2.61 bits per heavy atom. The zero-order valence-corrected chi connectivity index (χ0v) is 18.2. The third-order valence-electron chi connectivity index (χ3n) is 6.10. The average Bonchev–Trinajstić information content (AvgIpc) is 3.20. The van der Waals surface area contributed by atoms with Crippen molar-refractivity contribution >= 4 is 11.6 Å². The van der Waals surface area contributed by atoms with Gasteiger partial charge in [-0.15, -0.1) is 0 Å². The van der Waals surface area contributed by atoms with Crippen molar-refractivity contribution in [3.63, 3.8) is 0 Å². The molecule has 7 nitrogen and oxygen atoms in total. The second-order valence-corrected chi connectivity index (χ2v) is 8.48. The molecule has 2 aliphatic heterocycles. The number of nitrogens with one attached hydrogen (secondary N) is 1. The number of alkyl halides is 1. The van der Waals surface area contributed by atoms with Crippen LogP contribution < -0.4 is 5.32 Å². The van der Waals surface area contributed by atoms with E-state index in [2.05, 4.69) is 15.3 Å². The number of likely N-dealkylation sites (tertiary alicyclic amines) is 1. The van der Waals surface area contributed by atoms with E-state index in [-0.39, 0.29) is 11.8 Å². The summed E-state index contributed by atoms with van der Waals surface area (Å²) < 4.78 is 21.4. The maximum absolute atomic E-state index is 14.3. The molecule has 0 aliphatic carbocycles. The fraction of sp³-hybridized carbons (Fsp3) is 0.565. The summed E-state index contributed by atoms with van der Waals surface area (Å²) in [5, 5.41) is 7.49. The average molecular weight is 430 g/mol. The number of benzene rings is 1. The Hall–Kier alpha value is -2.45. The van der Waals surface area contributed by atoms with E-state index in [1.54, 1.807) is 4.68 Å². The predicted octanol–water partition coefficient (Wildman–Crippen LogP) is 2.41. The van der Waals surface area contributed by atoms with Gasteiger partial charge in [-0.25, -0.2) is 4.39 Å². The van der Waals surface area contributed by atoms with Crippen molar-refractivity contribution in [2.75, 3.05) is 57.8 Å². The lowest BCUT2D eigenvalue weighted by atomic mass is 9.97. The van der Waals surface area contributed by atoms with Gasteiger partial charge in [0.25, 0.3) is 0 Å². The normalized spacial score (nSPS) is 18.6. The first-order valence-electron chi connectivity index (χ1n) is 11.1. The van der Waals surface area contributed by atoms with E-state index in [9.17, 15) is 9.18 Å². The largest absolute Gasteiger partial charge is 0.385 e. The Morgan fingerprint density at radius 2 is 1.94 bits per heavy atom. The van der Waals surface area contributed by atoms with Crippen molar-refractivity contribution in [1.82, 2.24) is 19.6 Å². The minimum Gasteiger partial charge on any atom is -0.385 e. The van der Waals surface area contributed by atoms with Gasteiger partial charge in [-0.05, 0) is 30.5 Å². The van der Waals surface area contributed by atoms with Gasteiger partial charge >= 0.3 is 0 Å². The Bertz CT molecular complexity index is 844. The van der Waals surface area contributed by atoms with Gasteiger partial charge in [0.2, 0.25) is 5.91 Å².